The van der Waals surface area contributed by atoms with Gasteiger partial charge < -0.3 is 38.2 Å². The molecule has 5 atom stereocenters. The van der Waals surface area contributed by atoms with E-state index < -0.39 is 55.8 Å². The van der Waals surface area contributed by atoms with Gasteiger partial charge in [-0.1, -0.05) is 72.7 Å². The molecule has 0 radical (unpaired) electrons. The van der Waals surface area contributed by atoms with Crippen LogP contribution < -0.4 is 31.4 Å². The van der Waals surface area contributed by atoms with Crippen molar-refractivity contribution in [3.8, 4) is 130 Å². The number of carbonyl (C=O) groups is 1. The second kappa shape index (κ2) is 36.6. The van der Waals surface area contributed by atoms with Crippen LogP contribution in [0.15, 0.2) is 113 Å². The van der Waals surface area contributed by atoms with E-state index in [1.54, 1.807) is 21.1 Å². The van der Waals surface area contributed by atoms with Crippen LogP contribution in [0.1, 0.15) is 83.2 Å². The highest BCUT2D eigenvalue weighted by Gasteiger charge is 2.50. The Morgan fingerprint density at radius 1 is 0.750 bits per heavy atom. The Labute approximate surface area is 495 Å². The maximum absolute atomic E-state index is 13.8. The van der Waals surface area contributed by atoms with E-state index in [2.05, 4.69) is 171 Å². The Kier molecular flexibility index (Phi) is 28.3. The van der Waals surface area contributed by atoms with Crippen LogP contribution in [0.5, 0.6) is 11.5 Å². The Bertz CT molecular complexity index is 3670. The van der Waals surface area contributed by atoms with E-state index in [1.807, 2.05) is 91.0 Å². The quantitative estimate of drug-likeness (QED) is 0.0119. The largest absolute Gasteiger partial charge is 0.497 e. The van der Waals surface area contributed by atoms with Crippen molar-refractivity contribution in [2.45, 2.75) is 96.4 Å². The Hall–Kier alpha value is -9.73. The van der Waals surface area contributed by atoms with Gasteiger partial charge in [0.25, 0.3) is 14.1 Å². The molecular weight excluding hydrogens is 1080 g/mol. The SMILES string of the molecule is [C-]#[N+]CCOP(OC1[C@@H](COC(c2ccccc2)(c2ccc(OC)cc2)c2ccc(OC)cc2)O[C@@H](n2ccc(=O)[nH]c2=O)[C@H]1C/C=C/CCCCNC(=O)NC#CC#CC#CC#CC#CC#CC#CC#CC#CC#CC)N(C(C)C)C(C)C. The molecule has 5 rings (SSSR count). The van der Waals surface area contributed by atoms with E-state index in [4.69, 9.17) is 34.6 Å². The molecule has 0 bridgehead atoms. The van der Waals surface area contributed by atoms with Gasteiger partial charge in [0.15, 0.2) is 0 Å². The number of hydrogen-bond donors (Lipinski definition) is 3. The second-order valence-electron chi connectivity index (χ2n) is 18.4. The lowest BCUT2D eigenvalue weighted by Crippen LogP contribution is -2.41. The first-order valence-corrected chi connectivity index (χ1v) is 27.9. The molecule has 0 aliphatic carbocycles. The lowest BCUT2D eigenvalue weighted by atomic mass is 9.80. The minimum atomic E-state index is -1.83. The zero-order valence-electron chi connectivity index (χ0n) is 47.9. The van der Waals surface area contributed by atoms with Gasteiger partial charge in [0, 0.05) is 102 Å². The first-order chi connectivity index (χ1) is 41.0. The number of aromatic amines is 1. The average molecular weight is 1140 g/mol. The smallest absolute Gasteiger partial charge is 0.330 e. The number of rotatable bonds is 24. The van der Waals surface area contributed by atoms with Crippen molar-refractivity contribution in [3.63, 3.8) is 0 Å². The summed E-state index contributed by atoms with van der Waals surface area (Å²) in [6.07, 6.45) is 5.41. The van der Waals surface area contributed by atoms with Gasteiger partial charge in [-0.2, -0.15) is 0 Å². The molecule has 15 nitrogen and oxygen atoms in total. The van der Waals surface area contributed by atoms with E-state index in [0.29, 0.717) is 37.3 Å². The normalized spacial score (nSPS) is 14.7. The predicted octanol–water partition coefficient (Wildman–Crippen LogP) is 8.17. The minimum absolute atomic E-state index is 0.0223. The summed E-state index contributed by atoms with van der Waals surface area (Å²) in [5, 5.41) is 5.23. The molecule has 1 saturated heterocycles. The van der Waals surface area contributed by atoms with E-state index in [0.717, 1.165) is 23.1 Å². The summed E-state index contributed by atoms with van der Waals surface area (Å²) in [6.45, 7) is 18.1. The first kappa shape index (κ1) is 65.1. The van der Waals surface area contributed by atoms with Gasteiger partial charge in [-0.15, -0.1) is 0 Å². The van der Waals surface area contributed by atoms with Gasteiger partial charge in [0.05, 0.1) is 20.8 Å². The standard InChI is InChI=1S/C68H63N6O9P/c1-9-10-11-12-13-14-15-16-17-18-19-20-21-22-23-24-25-28-34-48-70-66(76)71-49-35-29-26-27-33-38-61-64(83-84(81-52-50-69-6)74(54(2)3)55(4)5)62(82-65(61)73-51-47-63(75)72-67(73)77)53-80-68(56-36-31-30-32-37-56,57-39-43-59(78-7)44-40-57)58-41-45-60(79-8)46-42-58/h27,30-33,36-37,39-47,51,54-55,61-62,64-65H,26,29,35,38,49-50,52-53H2,1-5,7-8H3,(H2,70,71,76)(H,72,75,77)/b33-27+/t61-,62+,64?,65+,84?/m0/s1. The molecule has 2 unspecified atom stereocenters. The summed E-state index contributed by atoms with van der Waals surface area (Å²) in [5.74, 6) is 48.9. The summed E-state index contributed by atoms with van der Waals surface area (Å²) in [7, 11) is 1.40. The predicted molar refractivity (Wildman–Crippen MR) is 326 cm³/mol. The van der Waals surface area contributed by atoms with E-state index in [1.165, 1.54) is 16.8 Å². The second-order valence-corrected chi connectivity index (χ2v) is 19.8. The summed E-state index contributed by atoms with van der Waals surface area (Å²) in [6, 6.07) is 28.6. The molecule has 0 spiro atoms. The molecule has 0 saturated carbocycles. The van der Waals surface area contributed by atoms with Gasteiger partial charge in [-0.05, 0) is 149 Å². The van der Waals surface area contributed by atoms with Crippen molar-refractivity contribution in [1.29, 1.82) is 0 Å². The summed E-state index contributed by atoms with van der Waals surface area (Å²) < 4.78 is 42.9. The van der Waals surface area contributed by atoms with Crippen LogP contribution in [0.25, 0.3) is 4.85 Å². The molecule has 4 aromatic rings. The third kappa shape index (κ3) is 20.7. The maximum Gasteiger partial charge on any atom is 0.330 e. The van der Waals surface area contributed by atoms with E-state index >= 15 is 0 Å². The fraction of sp³-hybridized carbons (Fsp3) is 0.324. The van der Waals surface area contributed by atoms with Gasteiger partial charge in [-0.3, -0.25) is 19.7 Å². The number of allylic oxidation sites excluding steroid dienone is 2. The molecule has 1 aromatic heterocycles. The first-order valence-electron chi connectivity index (χ1n) is 26.7. The number of aromatic nitrogens is 2. The van der Waals surface area contributed by atoms with Crippen molar-refractivity contribution in [1.82, 2.24) is 24.9 Å². The number of urea groups is 1. The number of nitrogens with zero attached hydrogens (tertiary/aromatic N) is 3. The molecule has 16 heteroatoms. The Morgan fingerprint density at radius 2 is 1.29 bits per heavy atom. The average Bonchev–Trinajstić information content (AvgIpc) is 1.78. The molecule has 1 aliphatic heterocycles. The molecule has 1 aliphatic rings. The Morgan fingerprint density at radius 3 is 1.80 bits per heavy atom. The summed E-state index contributed by atoms with van der Waals surface area (Å²) >= 11 is 0. The summed E-state index contributed by atoms with van der Waals surface area (Å²) in [5.41, 5.74) is 0.00261. The summed E-state index contributed by atoms with van der Waals surface area (Å²) in [4.78, 5) is 44.6. The highest BCUT2D eigenvalue weighted by Crippen LogP contribution is 2.52. The third-order valence-corrected chi connectivity index (χ3v) is 14.3. The number of hydrogen-bond acceptors (Lipinski definition) is 10. The van der Waals surface area contributed by atoms with Crippen molar-refractivity contribution < 1.29 is 32.8 Å². The number of benzene rings is 3. The van der Waals surface area contributed by atoms with Crippen LogP contribution in [-0.2, 0) is 24.1 Å². The molecule has 2 heterocycles. The van der Waals surface area contributed by atoms with Crippen LogP contribution in [-0.4, -0.2) is 85.1 Å². The number of unbranched alkanes of at least 4 members (excludes halogenated alkanes) is 2. The number of amides is 2. The highest BCUT2D eigenvalue weighted by atomic mass is 31.2. The van der Waals surface area contributed by atoms with Crippen LogP contribution in [0.4, 0.5) is 4.79 Å². The minimum Gasteiger partial charge on any atom is -0.497 e. The lowest BCUT2D eigenvalue weighted by Gasteiger charge is -2.39. The number of ether oxygens (including phenoxy) is 4. The molecular formula is C68H63N6O9P. The van der Waals surface area contributed by atoms with Gasteiger partial charge >= 0.3 is 11.7 Å². The van der Waals surface area contributed by atoms with Crippen LogP contribution in [0.3, 0.4) is 0 Å². The van der Waals surface area contributed by atoms with Crippen molar-refractivity contribution >= 4 is 14.6 Å². The lowest BCUT2D eigenvalue weighted by molar-refractivity contribution is -0.0932. The van der Waals surface area contributed by atoms with Crippen LogP contribution in [0, 0.1) is 131 Å². The zero-order valence-corrected chi connectivity index (χ0v) is 48.8. The Balaban J connectivity index is 1.34. The molecule has 3 N–H and O–H groups in total. The van der Waals surface area contributed by atoms with Gasteiger partial charge in [-0.25, -0.2) is 20.8 Å². The fourth-order valence-corrected chi connectivity index (χ4v) is 10.4. The maximum atomic E-state index is 13.8. The zero-order chi connectivity index (χ0) is 60.2. The van der Waals surface area contributed by atoms with Crippen LogP contribution in [0.2, 0.25) is 0 Å². The molecule has 1 fully saturated rings. The van der Waals surface area contributed by atoms with Crippen molar-refractivity contribution in [2.24, 2.45) is 5.92 Å². The molecule has 3 aromatic carbocycles. The number of methoxy groups -OCH3 is 2. The van der Waals surface area contributed by atoms with E-state index in [9.17, 15) is 14.4 Å². The number of nitrogens with one attached hydrogen (secondary N) is 3. The number of H-pyrrole nitrogens is 1. The fourth-order valence-electron chi connectivity index (χ4n) is 8.59. The number of carbonyl (C=O) groups excluding carboxylic acids is 1. The van der Waals surface area contributed by atoms with Gasteiger partial charge in [0.2, 0.25) is 6.54 Å². The van der Waals surface area contributed by atoms with Gasteiger partial charge in [0.1, 0.15) is 42.1 Å². The monoisotopic (exact) mass is 1140 g/mol. The molecule has 424 valence electrons. The van der Waals surface area contributed by atoms with E-state index in [-0.39, 0.29) is 31.8 Å². The van der Waals surface area contributed by atoms with Crippen LogP contribution >= 0.6 is 8.53 Å². The highest BCUT2D eigenvalue weighted by molar-refractivity contribution is 7.44. The van der Waals surface area contributed by atoms with Crippen molar-refractivity contribution in [3.05, 3.63) is 152 Å². The van der Waals surface area contributed by atoms with Crippen molar-refractivity contribution in [2.75, 3.05) is 40.5 Å². The molecule has 2 amide bonds. The third-order valence-electron chi connectivity index (χ3n) is 12.2. The molecule has 84 heavy (non-hydrogen) atoms. The topological polar surface area (TPSA) is 159 Å².